The molecular formula is C17H18N4. The van der Waals surface area contributed by atoms with Crippen LogP contribution in [-0.2, 0) is 0 Å². The van der Waals surface area contributed by atoms with Crippen LogP contribution >= 0.6 is 0 Å². The molecule has 0 aliphatic rings. The van der Waals surface area contributed by atoms with Crippen LogP contribution in [0.5, 0.6) is 0 Å². The van der Waals surface area contributed by atoms with E-state index in [4.69, 9.17) is 10.7 Å². The smallest absolute Gasteiger partial charge is 0.176 e. The molecule has 21 heavy (non-hydrogen) atoms. The maximum absolute atomic E-state index is 6.12. The molecule has 4 nitrogen and oxygen atoms in total. The highest BCUT2D eigenvalue weighted by Crippen LogP contribution is 2.29. The molecule has 0 spiro atoms. The van der Waals surface area contributed by atoms with Crippen molar-refractivity contribution in [3.63, 3.8) is 0 Å². The fourth-order valence-electron chi connectivity index (χ4n) is 2.45. The molecule has 0 amide bonds. The second-order valence-corrected chi connectivity index (χ2v) is 5.00. The molecule has 1 aromatic heterocycles. The van der Waals surface area contributed by atoms with Crippen LogP contribution in [-0.4, -0.2) is 16.5 Å². The Morgan fingerprint density at radius 1 is 1.00 bits per heavy atom. The fourth-order valence-corrected chi connectivity index (χ4v) is 2.45. The summed E-state index contributed by atoms with van der Waals surface area (Å²) in [5, 5.41) is 0. The van der Waals surface area contributed by atoms with Crippen molar-refractivity contribution < 1.29 is 0 Å². The second kappa shape index (κ2) is 5.40. The predicted octanol–water partition coefficient (Wildman–Crippen LogP) is 3.68. The van der Waals surface area contributed by atoms with E-state index in [1.807, 2.05) is 30.3 Å². The third kappa shape index (κ3) is 2.52. The van der Waals surface area contributed by atoms with Crippen LogP contribution in [0.3, 0.4) is 0 Å². The minimum Gasteiger partial charge on any atom is -0.381 e. The van der Waals surface area contributed by atoms with Gasteiger partial charge in [-0.1, -0.05) is 24.3 Å². The molecule has 1 heterocycles. The van der Waals surface area contributed by atoms with E-state index in [0.717, 1.165) is 23.3 Å². The number of nitrogens with zero attached hydrogens (tertiary/aromatic N) is 3. The number of hydrogen-bond donors (Lipinski definition) is 1. The summed E-state index contributed by atoms with van der Waals surface area (Å²) in [6.45, 7) is 4.94. The van der Waals surface area contributed by atoms with Crippen molar-refractivity contribution >= 4 is 28.4 Å². The van der Waals surface area contributed by atoms with Crippen molar-refractivity contribution in [2.75, 3.05) is 17.2 Å². The number of benzene rings is 2. The van der Waals surface area contributed by atoms with Crippen LogP contribution in [0.15, 0.2) is 48.5 Å². The molecule has 0 saturated carbocycles. The van der Waals surface area contributed by atoms with E-state index in [-0.39, 0.29) is 0 Å². The van der Waals surface area contributed by atoms with Gasteiger partial charge in [0, 0.05) is 12.2 Å². The van der Waals surface area contributed by atoms with E-state index in [9.17, 15) is 0 Å². The van der Waals surface area contributed by atoms with Crippen LogP contribution in [0.1, 0.15) is 12.5 Å². The summed E-state index contributed by atoms with van der Waals surface area (Å²) < 4.78 is 0. The Kier molecular flexibility index (Phi) is 3.44. The van der Waals surface area contributed by atoms with Gasteiger partial charge < -0.3 is 10.6 Å². The van der Waals surface area contributed by atoms with Gasteiger partial charge in [0.25, 0.3) is 0 Å². The Morgan fingerprint density at radius 3 is 2.38 bits per heavy atom. The first-order chi connectivity index (χ1) is 10.2. The zero-order valence-corrected chi connectivity index (χ0v) is 12.2. The number of anilines is 3. The van der Waals surface area contributed by atoms with Gasteiger partial charge in [0.15, 0.2) is 11.6 Å². The Balaban J connectivity index is 2.14. The minimum atomic E-state index is 0.456. The van der Waals surface area contributed by atoms with Gasteiger partial charge in [-0.2, -0.15) is 0 Å². The average Bonchev–Trinajstić information content (AvgIpc) is 2.48. The summed E-state index contributed by atoms with van der Waals surface area (Å²) in [5.74, 6) is 1.17. The van der Waals surface area contributed by atoms with Crippen molar-refractivity contribution in [3.8, 4) is 0 Å². The number of fused-ring (bicyclic) bond motifs is 1. The van der Waals surface area contributed by atoms with Gasteiger partial charge in [0.2, 0.25) is 0 Å². The quantitative estimate of drug-likeness (QED) is 0.794. The van der Waals surface area contributed by atoms with Gasteiger partial charge in [-0.3, -0.25) is 0 Å². The van der Waals surface area contributed by atoms with Crippen LogP contribution in [0.2, 0.25) is 0 Å². The zero-order chi connectivity index (χ0) is 14.8. The molecule has 0 fully saturated rings. The molecule has 0 aliphatic heterocycles. The highest BCUT2D eigenvalue weighted by atomic mass is 15.2. The van der Waals surface area contributed by atoms with E-state index >= 15 is 0 Å². The highest BCUT2D eigenvalue weighted by Gasteiger charge is 2.14. The minimum absolute atomic E-state index is 0.456. The number of nitrogens with two attached hydrogens (primary N) is 1. The lowest BCUT2D eigenvalue weighted by Crippen LogP contribution is -2.19. The van der Waals surface area contributed by atoms with Gasteiger partial charge in [-0.25, -0.2) is 9.97 Å². The molecule has 0 aliphatic carbocycles. The van der Waals surface area contributed by atoms with Gasteiger partial charge in [0.05, 0.1) is 11.0 Å². The summed E-state index contributed by atoms with van der Waals surface area (Å²) in [5.41, 5.74) is 10.1. The van der Waals surface area contributed by atoms with Crippen LogP contribution in [0.25, 0.3) is 11.0 Å². The Bertz CT molecular complexity index is 783. The van der Waals surface area contributed by atoms with Gasteiger partial charge in [0.1, 0.15) is 0 Å². The van der Waals surface area contributed by atoms with Crippen molar-refractivity contribution in [1.29, 1.82) is 0 Å². The Morgan fingerprint density at radius 2 is 1.71 bits per heavy atom. The number of aromatic nitrogens is 2. The number of aryl methyl sites for hydroxylation is 1. The molecule has 0 unspecified atom stereocenters. The number of nitrogen functional groups attached to an aromatic ring is 1. The number of rotatable bonds is 3. The van der Waals surface area contributed by atoms with Crippen molar-refractivity contribution in [2.45, 2.75) is 13.8 Å². The monoisotopic (exact) mass is 278 g/mol. The molecule has 3 rings (SSSR count). The normalized spacial score (nSPS) is 10.8. The van der Waals surface area contributed by atoms with Crippen molar-refractivity contribution in [1.82, 2.24) is 9.97 Å². The molecule has 4 heteroatoms. The van der Waals surface area contributed by atoms with Crippen LogP contribution < -0.4 is 10.6 Å². The highest BCUT2D eigenvalue weighted by molar-refractivity contribution is 5.81. The SMILES string of the molecule is CCN(c1cccc(C)c1)c1nc2ccccc2nc1N. The number of para-hydroxylation sites is 2. The van der Waals surface area contributed by atoms with E-state index in [2.05, 4.69) is 41.9 Å². The lowest BCUT2D eigenvalue weighted by molar-refractivity contribution is 0.990. The first kappa shape index (κ1) is 13.4. The van der Waals surface area contributed by atoms with E-state index in [1.54, 1.807) is 0 Å². The molecule has 0 bridgehead atoms. The molecular weight excluding hydrogens is 260 g/mol. The third-order valence-corrected chi connectivity index (χ3v) is 3.46. The first-order valence-electron chi connectivity index (χ1n) is 7.05. The maximum Gasteiger partial charge on any atom is 0.176 e. The van der Waals surface area contributed by atoms with Crippen LogP contribution in [0, 0.1) is 6.92 Å². The van der Waals surface area contributed by atoms with Crippen molar-refractivity contribution in [2.24, 2.45) is 0 Å². The second-order valence-electron chi connectivity index (χ2n) is 5.00. The Hall–Kier alpha value is -2.62. The summed E-state index contributed by atoms with van der Waals surface area (Å²) in [4.78, 5) is 11.2. The lowest BCUT2D eigenvalue weighted by atomic mass is 10.2. The van der Waals surface area contributed by atoms with Gasteiger partial charge >= 0.3 is 0 Å². The van der Waals surface area contributed by atoms with Gasteiger partial charge in [-0.05, 0) is 43.7 Å². The molecule has 2 aromatic carbocycles. The standard InChI is InChI=1S/C17H18N4/c1-3-21(13-8-6-7-12(2)11-13)17-16(18)19-14-9-4-5-10-15(14)20-17/h4-11H,3H2,1-2H3,(H2,18,19). The zero-order valence-electron chi connectivity index (χ0n) is 12.2. The largest absolute Gasteiger partial charge is 0.381 e. The molecule has 3 aromatic rings. The third-order valence-electron chi connectivity index (χ3n) is 3.46. The summed E-state index contributed by atoms with van der Waals surface area (Å²) in [6, 6.07) is 16.1. The molecule has 0 atom stereocenters. The maximum atomic E-state index is 6.12. The van der Waals surface area contributed by atoms with E-state index in [1.165, 1.54) is 5.56 Å². The topological polar surface area (TPSA) is 55.0 Å². The molecule has 0 saturated heterocycles. The lowest BCUT2D eigenvalue weighted by Gasteiger charge is -2.23. The Labute approximate surface area is 124 Å². The summed E-state index contributed by atoms with van der Waals surface area (Å²) in [6.07, 6.45) is 0. The van der Waals surface area contributed by atoms with E-state index < -0.39 is 0 Å². The number of hydrogen-bond acceptors (Lipinski definition) is 4. The first-order valence-corrected chi connectivity index (χ1v) is 7.05. The fraction of sp³-hybridized carbons (Fsp3) is 0.176. The molecule has 0 radical (unpaired) electrons. The van der Waals surface area contributed by atoms with E-state index in [0.29, 0.717) is 11.6 Å². The van der Waals surface area contributed by atoms with Gasteiger partial charge in [-0.15, -0.1) is 0 Å². The predicted molar refractivity (Wildman–Crippen MR) is 87.8 cm³/mol. The summed E-state index contributed by atoms with van der Waals surface area (Å²) >= 11 is 0. The van der Waals surface area contributed by atoms with Crippen LogP contribution in [0.4, 0.5) is 17.3 Å². The van der Waals surface area contributed by atoms with Crippen molar-refractivity contribution in [3.05, 3.63) is 54.1 Å². The summed E-state index contributed by atoms with van der Waals surface area (Å²) in [7, 11) is 0. The average molecular weight is 278 g/mol. The molecule has 106 valence electrons. The molecule has 2 N–H and O–H groups in total.